The number of carbonyl (C=O) groups excluding carboxylic acids is 1. The first-order chi connectivity index (χ1) is 9.60. The average molecular weight is 283 g/mol. The SMILES string of the molecule is CCC(CC)N(CCO)CCC(=O)Nc1cc(C)on1. The van der Waals surface area contributed by atoms with Crippen LogP contribution >= 0.6 is 0 Å². The van der Waals surface area contributed by atoms with E-state index in [4.69, 9.17) is 9.63 Å². The van der Waals surface area contributed by atoms with Crippen molar-refractivity contribution in [2.75, 3.05) is 25.0 Å². The van der Waals surface area contributed by atoms with Crippen molar-refractivity contribution in [2.24, 2.45) is 0 Å². The maximum Gasteiger partial charge on any atom is 0.226 e. The second-order valence-electron chi connectivity index (χ2n) is 4.85. The second-order valence-corrected chi connectivity index (χ2v) is 4.85. The summed E-state index contributed by atoms with van der Waals surface area (Å²) in [7, 11) is 0. The van der Waals surface area contributed by atoms with E-state index in [9.17, 15) is 4.79 Å². The number of carbonyl (C=O) groups is 1. The van der Waals surface area contributed by atoms with Crippen molar-refractivity contribution in [3.8, 4) is 0 Å². The van der Waals surface area contributed by atoms with Crippen LogP contribution in [0.3, 0.4) is 0 Å². The number of hydrogen-bond acceptors (Lipinski definition) is 5. The van der Waals surface area contributed by atoms with Crippen LogP contribution < -0.4 is 5.32 Å². The van der Waals surface area contributed by atoms with E-state index in [1.807, 2.05) is 0 Å². The minimum atomic E-state index is -0.0906. The van der Waals surface area contributed by atoms with Gasteiger partial charge >= 0.3 is 0 Å². The molecule has 0 saturated carbocycles. The molecule has 0 saturated heterocycles. The molecule has 0 aromatic carbocycles. The number of amides is 1. The maximum atomic E-state index is 11.8. The smallest absolute Gasteiger partial charge is 0.226 e. The highest BCUT2D eigenvalue weighted by Crippen LogP contribution is 2.10. The summed E-state index contributed by atoms with van der Waals surface area (Å²) in [5.74, 6) is 1.02. The highest BCUT2D eigenvalue weighted by Gasteiger charge is 2.16. The zero-order chi connectivity index (χ0) is 15.0. The number of aliphatic hydroxyl groups excluding tert-OH is 1. The maximum absolute atomic E-state index is 11.8. The van der Waals surface area contributed by atoms with Crippen LogP contribution in [0.1, 0.15) is 38.9 Å². The Morgan fingerprint density at radius 1 is 1.45 bits per heavy atom. The molecule has 1 aromatic heterocycles. The quantitative estimate of drug-likeness (QED) is 0.722. The van der Waals surface area contributed by atoms with Gasteiger partial charge < -0.3 is 14.9 Å². The van der Waals surface area contributed by atoms with Gasteiger partial charge in [0.2, 0.25) is 5.91 Å². The third-order valence-electron chi connectivity index (χ3n) is 3.37. The normalized spacial score (nSPS) is 11.3. The molecule has 0 aliphatic carbocycles. The first-order valence-corrected chi connectivity index (χ1v) is 7.18. The molecule has 6 nitrogen and oxygen atoms in total. The number of hydrogen-bond donors (Lipinski definition) is 2. The van der Waals surface area contributed by atoms with E-state index in [2.05, 4.69) is 29.2 Å². The largest absolute Gasteiger partial charge is 0.395 e. The van der Waals surface area contributed by atoms with Crippen molar-refractivity contribution in [1.29, 1.82) is 0 Å². The lowest BCUT2D eigenvalue weighted by Crippen LogP contribution is -2.38. The van der Waals surface area contributed by atoms with Crippen molar-refractivity contribution in [3.63, 3.8) is 0 Å². The number of anilines is 1. The lowest BCUT2D eigenvalue weighted by Gasteiger charge is -2.29. The monoisotopic (exact) mass is 283 g/mol. The van der Waals surface area contributed by atoms with Gasteiger partial charge in [0.15, 0.2) is 5.82 Å². The second kappa shape index (κ2) is 8.71. The fraction of sp³-hybridized carbons (Fsp3) is 0.714. The topological polar surface area (TPSA) is 78.6 Å². The summed E-state index contributed by atoms with van der Waals surface area (Å²) in [6.45, 7) is 7.37. The lowest BCUT2D eigenvalue weighted by molar-refractivity contribution is -0.116. The van der Waals surface area contributed by atoms with Gasteiger partial charge in [0.05, 0.1) is 6.61 Å². The third-order valence-corrected chi connectivity index (χ3v) is 3.37. The molecule has 1 heterocycles. The van der Waals surface area contributed by atoms with E-state index in [-0.39, 0.29) is 12.5 Å². The predicted molar refractivity (Wildman–Crippen MR) is 77.5 cm³/mol. The van der Waals surface area contributed by atoms with E-state index >= 15 is 0 Å². The molecule has 0 spiro atoms. The van der Waals surface area contributed by atoms with Gasteiger partial charge in [-0.05, 0) is 19.8 Å². The Morgan fingerprint density at radius 2 is 2.15 bits per heavy atom. The summed E-state index contributed by atoms with van der Waals surface area (Å²) in [5, 5.41) is 15.5. The molecular formula is C14H25N3O3. The van der Waals surface area contributed by atoms with Crippen LogP contribution in [0.5, 0.6) is 0 Å². The number of aromatic nitrogens is 1. The van der Waals surface area contributed by atoms with E-state index in [0.29, 0.717) is 37.1 Å². The first-order valence-electron chi connectivity index (χ1n) is 7.18. The standard InChI is InChI=1S/C14H25N3O3/c1-4-12(5-2)17(8-9-18)7-6-14(19)15-13-10-11(3)20-16-13/h10,12,18H,4-9H2,1-3H3,(H,15,16,19). The average Bonchev–Trinajstić information content (AvgIpc) is 2.82. The van der Waals surface area contributed by atoms with Crippen LogP contribution in [-0.4, -0.2) is 46.8 Å². The van der Waals surface area contributed by atoms with Crippen molar-refractivity contribution >= 4 is 11.7 Å². The third kappa shape index (κ3) is 5.30. The van der Waals surface area contributed by atoms with Crippen molar-refractivity contribution in [1.82, 2.24) is 10.1 Å². The molecule has 20 heavy (non-hydrogen) atoms. The molecule has 0 aliphatic heterocycles. The van der Waals surface area contributed by atoms with Gasteiger partial charge in [-0.2, -0.15) is 0 Å². The molecular weight excluding hydrogens is 258 g/mol. The molecule has 2 N–H and O–H groups in total. The molecule has 0 fully saturated rings. The molecule has 0 bridgehead atoms. The Kier molecular flexibility index (Phi) is 7.25. The highest BCUT2D eigenvalue weighted by molar-refractivity contribution is 5.89. The summed E-state index contributed by atoms with van der Waals surface area (Å²) >= 11 is 0. The summed E-state index contributed by atoms with van der Waals surface area (Å²) < 4.78 is 4.89. The number of aryl methyl sites for hydroxylation is 1. The zero-order valence-corrected chi connectivity index (χ0v) is 12.6. The van der Waals surface area contributed by atoms with Gasteiger partial charge in [0, 0.05) is 31.6 Å². The number of aliphatic hydroxyl groups is 1. The molecule has 1 aromatic rings. The molecule has 0 radical (unpaired) electrons. The molecule has 114 valence electrons. The minimum Gasteiger partial charge on any atom is -0.395 e. The van der Waals surface area contributed by atoms with E-state index in [1.54, 1.807) is 13.0 Å². The van der Waals surface area contributed by atoms with Gasteiger partial charge in [-0.3, -0.25) is 9.69 Å². The van der Waals surface area contributed by atoms with Gasteiger partial charge in [-0.1, -0.05) is 19.0 Å². The Balaban J connectivity index is 2.43. The minimum absolute atomic E-state index is 0.0906. The molecule has 6 heteroatoms. The molecule has 0 aliphatic rings. The summed E-state index contributed by atoms with van der Waals surface area (Å²) in [5.41, 5.74) is 0. The van der Waals surface area contributed by atoms with Crippen LogP contribution in [0.4, 0.5) is 5.82 Å². The Morgan fingerprint density at radius 3 is 2.65 bits per heavy atom. The number of nitrogens with zero attached hydrogens (tertiary/aromatic N) is 2. The van der Waals surface area contributed by atoms with Crippen LogP contribution in [-0.2, 0) is 4.79 Å². The van der Waals surface area contributed by atoms with E-state index in [0.717, 1.165) is 12.8 Å². The van der Waals surface area contributed by atoms with E-state index in [1.165, 1.54) is 0 Å². The van der Waals surface area contributed by atoms with Crippen LogP contribution in [0, 0.1) is 6.92 Å². The Bertz CT molecular complexity index is 402. The van der Waals surface area contributed by atoms with Crippen LogP contribution in [0.25, 0.3) is 0 Å². The lowest BCUT2D eigenvalue weighted by atomic mass is 10.1. The molecule has 0 unspecified atom stereocenters. The fourth-order valence-electron chi connectivity index (χ4n) is 2.29. The first kappa shape index (κ1) is 16.7. The van der Waals surface area contributed by atoms with Gasteiger partial charge in [0.1, 0.15) is 5.76 Å². The van der Waals surface area contributed by atoms with Gasteiger partial charge in [-0.15, -0.1) is 0 Å². The van der Waals surface area contributed by atoms with Gasteiger partial charge in [-0.25, -0.2) is 0 Å². The predicted octanol–water partition coefficient (Wildman–Crippen LogP) is 1.79. The Hall–Kier alpha value is -1.40. The number of nitrogens with one attached hydrogen (secondary N) is 1. The Labute approximate surface area is 120 Å². The van der Waals surface area contributed by atoms with E-state index < -0.39 is 0 Å². The molecule has 1 rings (SSSR count). The fourth-order valence-corrected chi connectivity index (χ4v) is 2.29. The molecule has 0 atom stereocenters. The van der Waals surface area contributed by atoms with Crippen LogP contribution in [0.15, 0.2) is 10.6 Å². The van der Waals surface area contributed by atoms with Crippen molar-refractivity contribution < 1.29 is 14.4 Å². The molecule has 1 amide bonds. The van der Waals surface area contributed by atoms with Crippen molar-refractivity contribution in [3.05, 3.63) is 11.8 Å². The van der Waals surface area contributed by atoms with Crippen molar-refractivity contribution in [2.45, 2.75) is 46.1 Å². The summed E-state index contributed by atoms with van der Waals surface area (Å²) in [4.78, 5) is 14.0. The summed E-state index contributed by atoms with van der Waals surface area (Å²) in [6.07, 6.45) is 2.41. The van der Waals surface area contributed by atoms with Gasteiger partial charge in [0.25, 0.3) is 0 Å². The zero-order valence-electron chi connectivity index (χ0n) is 12.6. The summed E-state index contributed by atoms with van der Waals surface area (Å²) in [6, 6.07) is 2.09. The number of rotatable bonds is 9. The van der Waals surface area contributed by atoms with Crippen LogP contribution in [0.2, 0.25) is 0 Å². The highest BCUT2D eigenvalue weighted by atomic mass is 16.5.